The van der Waals surface area contributed by atoms with Crippen LogP contribution in [0, 0.1) is 0 Å². The first-order valence-corrected chi connectivity index (χ1v) is 8.84. The first-order valence-electron chi connectivity index (χ1n) is 7.96. The summed E-state index contributed by atoms with van der Waals surface area (Å²) in [4.78, 5) is 30.9. The summed E-state index contributed by atoms with van der Waals surface area (Å²) < 4.78 is 0. The van der Waals surface area contributed by atoms with Gasteiger partial charge in [0, 0.05) is 32.4 Å². The van der Waals surface area contributed by atoms with Crippen molar-refractivity contribution in [3.8, 4) is 0 Å². The van der Waals surface area contributed by atoms with Crippen LogP contribution in [-0.2, 0) is 4.79 Å². The number of thioether (sulfide) groups is 1. The Morgan fingerprint density at radius 1 is 1.28 bits per heavy atom. The van der Waals surface area contributed by atoms with Crippen LogP contribution in [-0.4, -0.2) is 60.2 Å². The highest BCUT2D eigenvalue weighted by atomic mass is 35.5. The molecule has 0 radical (unpaired) electrons. The molecule has 1 saturated heterocycles. The van der Waals surface area contributed by atoms with E-state index in [0.717, 1.165) is 25.9 Å². The fourth-order valence-electron chi connectivity index (χ4n) is 2.47. The van der Waals surface area contributed by atoms with Crippen LogP contribution in [0.15, 0.2) is 23.4 Å². The second-order valence-electron chi connectivity index (χ2n) is 5.51. The summed E-state index contributed by atoms with van der Waals surface area (Å²) in [6.07, 6.45) is 3.80. The molecule has 0 aromatic carbocycles. The predicted molar refractivity (Wildman–Crippen MR) is 106 cm³/mol. The molecular weight excluding hydrogens is 383 g/mol. The van der Waals surface area contributed by atoms with Gasteiger partial charge in [-0.15, -0.1) is 24.8 Å². The smallest absolute Gasteiger partial charge is 0.254 e. The minimum Gasteiger partial charge on any atom is -0.351 e. The summed E-state index contributed by atoms with van der Waals surface area (Å²) in [6.45, 7) is 4.81. The Morgan fingerprint density at radius 3 is 2.60 bits per heavy atom. The summed E-state index contributed by atoms with van der Waals surface area (Å²) in [5, 5.41) is 6.19. The highest BCUT2D eigenvalue weighted by Crippen LogP contribution is 2.26. The third kappa shape index (κ3) is 7.01. The lowest BCUT2D eigenvalue weighted by Crippen LogP contribution is -2.34. The summed E-state index contributed by atoms with van der Waals surface area (Å²) in [7, 11) is 1.84. The third-order valence-corrected chi connectivity index (χ3v) is 4.83. The first-order chi connectivity index (χ1) is 11.1. The minimum absolute atomic E-state index is 0. The molecule has 9 heteroatoms. The van der Waals surface area contributed by atoms with Crippen LogP contribution in [0.3, 0.4) is 0 Å². The lowest BCUT2D eigenvalue weighted by molar-refractivity contribution is -0.129. The Labute approximate surface area is 165 Å². The van der Waals surface area contributed by atoms with Crippen molar-refractivity contribution in [2.75, 3.05) is 33.2 Å². The molecule has 0 spiro atoms. The molecule has 2 rings (SSSR count). The largest absolute Gasteiger partial charge is 0.351 e. The van der Waals surface area contributed by atoms with E-state index in [-0.39, 0.29) is 41.9 Å². The van der Waals surface area contributed by atoms with Crippen LogP contribution in [0.2, 0.25) is 0 Å². The average molecular weight is 409 g/mol. The Kier molecular flexibility index (Phi) is 11.8. The molecule has 1 fully saturated rings. The molecule has 2 heterocycles. The van der Waals surface area contributed by atoms with E-state index in [1.165, 1.54) is 11.8 Å². The fourth-order valence-corrected chi connectivity index (χ4v) is 3.46. The SMILES string of the molecule is CNCCNC(=O)c1cccnc1SC(C)C(=O)N1CCCC1.Cl.Cl. The number of rotatable bonds is 7. The number of hydrogen-bond donors (Lipinski definition) is 2. The molecule has 0 saturated carbocycles. The van der Waals surface area contributed by atoms with E-state index in [1.54, 1.807) is 18.3 Å². The molecule has 6 nitrogen and oxygen atoms in total. The lowest BCUT2D eigenvalue weighted by atomic mass is 10.2. The van der Waals surface area contributed by atoms with Gasteiger partial charge in [-0.3, -0.25) is 9.59 Å². The summed E-state index contributed by atoms with van der Waals surface area (Å²) in [6, 6.07) is 3.49. The lowest BCUT2D eigenvalue weighted by Gasteiger charge is -2.20. The highest BCUT2D eigenvalue weighted by molar-refractivity contribution is 8.00. The van der Waals surface area contributed by atoms with Crippen molar-refractivity contribution in [2.24, 2.45) is 0 Å². The second kappa shape index (κ2) is 12.4. The van der Waals surface area contributed by atoms with Gasteiger partial charge >= 0.3 is 0 Å². The number of likely N-dealkylation sites (tertiary alicyclic amines) is 1. The van der Waals surface area contributed by atoms with E-state index >= 15 is 0 Å². The quantitative estimate of drug-likeness (QED) is 0.532. The van der Waals surface area contributed by atoms with E-state index in [2.05, 4.69) is 15.6 Å². The van der Waals surface area contributed by atoms with E-state index in [1.807, 2.05) is 18.9 Å². The zero-order chi connectivity index (χ0) is 16.7. The van der Waals surface area contributed by atoms with Gasteiger partial charge in [0.15, 0.2) is 0 Å². The van der Waals surface area contributed by atoms with E-state index in [0.29, 0.717) is 23.7 Å². The number of nitrogens with zero attached hydrogens (tertiary/aromatic N) is 2. The topological polar surface area (TPSA) is 74.3 Å². The maximum absolute atomic E-state index is 12.4. The maximum Gasteiger partial charge on any atom is 0.254 e. The molecule has 0 bridgehead atoms. The van der Waals surface area contributed by atoms with E-state index in [9.17, 15) is 9.59 Å². The molecule has 1 atom stereocenters. The molecule has 2 N–H and O–H groups in total. The predicted octanol–water partition coefficient (Wildman–Crippen LogP) is 1.98. The zero-order valence-corrected chi connectivity index (χ0v) is 16.9. The molecule has 1 aliphatic rings. The van der Waals surface area contributed by atoms with Gasteiger partial charge in [-0.1, -0.05) is 11.8 Å². The second-order valence-corrected chi connectivity index (χ2v) is 6.84. The zero-order valence-electron chi connectivity index (χ0n) is 14.5. The number of nitrogens with one attached hydrogen (secondary N) is 2. The molecule has 1 aromatic heterocycles. The molecule has 1 aromatic rings. The van der Waals surface area contributed by atoms with Crippen LogP contribution in [0.4, 0.5) is 0 Å². The molecule has 0 aliphatic carbocycles. The van der Waals surface area contributed by atoms with Gasteiger partial charge in [-0.05, 0) is 38.9 Å². The van der Waals surface area contributed by atoms with Crippen LogP contribution in [0.1, 0.15) is 30.1 Å². The van der Waals surface area contributed by atoms with Crippen LogP contribution < -0.4 is 10.6 Å². The van der Waals surface area contributed by atoms with E-state index < -0.39 is 0 Å². The Morgan fingerprint density at radius 2 is 1.96 bits per heavy atom. The van der Waals surface area contributed by atoms with Gasteiger partial charge < -0.3 is 15.5 Å². The summed E-state index contributed by atoms with van der Waals surface area (Å²) >= 11 is 1.35. The molecule has 25 heavy (non-hydrogen) atoms. The van der Waals surface area contributed by atoms with Gasteiger partial charge in [0.05, 0.1) is 10.8 Å². The third-order valence-electron chi connectivity index (χ3n) is 3.73. The summed E-state index contributed by atoms with van der Waals surface area (Å²) in [5.74, 6) is -0.0311. The Balaban J connectivity index is 0.00000288. The molecule has 142 valence electrons. The molecule has 2 amide bonds. The Hall–Kier alpha value is -1.02. The number of aromatic nitrogens is 1. The van der Waals surface area contributed by atoms with Gasteiger partial charge in [-0.25, -0.2) is 4.98 Å². The normalized spacial score (nSPS) is 14.2. The molecule has 1 unspecified atom stereocenters. The van der Waals surface area contributed by atoms with Crippen LogP contribution in [0.25, 0.3) is 0 Å². The van der Waals surface area contributed by atoms with Crippen molar-refractivity contribution in [1.29, 1.82) is 0 Å². The van der Waals surface area contributed by atoms with Crippen LogP contribution in [0.5, 0.6) is 0 Å². The standard InChI is InChI=1S/C16H24N4O2S.2ClH/c1-12(16(22)20-10-3-4-11-20)23-15-13(6-5-7-19-15)14(21)18-9-8-17-2;;/h5-7,12,17H,3-4,8-11H2,1-2H3,(H,18,21);2*1H. The highest BCUT2D eigenvalue weighted by Gasteiger charge is 2.25. The van der Waals surface area contributed by atoms with Crippen molar-refractivity contribution in [3.05, 3.63) is 23.9 Å². The summed E-state index contributed by atoms with van der Waals surface area (Å²) in [5.41, 5.74) is 0.523. The number of likely N-dealkylation sites (N-methyl/N-ethyl adjacent to an activating group) is 1. The fraction of sp³-hybridized carbons (Fsp3) is 0.562. The van der Waals surface area contributed by atoms with Crippen molar-refractivity contribution in [2.45, 2.75) is 30.0 Å². The monoisotopic (exact) mass is 408 g/mol. The van der Waals surface area contributed by atoms with Gasteiger partial charge in [-0.2, -0.15) is 0 Å². The van der Waals surface area contributed by atoms with E-state index in [4.69, 9.17) is 0 Å². The Bertz CT molecular complexity index is 557. The van der Waals surface area contributed by atoms with Crippen LogP contribution >= 0.6 is 36.6 Å². The number of pyridine rings is 1. The van der Waals surface area contributed by atoms with Gasteiger partial charge in [0.1, 0.15) is 5.03 Å². The number of amides is 2. The molecular formula is C16H26Cl2N4O2S. The van der Waals surface area contributed by atoms with Crippen molar-refractivity contribution < 1.29 is 9.59 Å². The number of halogens is 2. The average Bonchev–Trinajstić information content (AvgIpc) is 3.09. The molecule has 1 aliphatic heterocycles. The first kappa shape index (κ1) is 24.0. The maximum atomic E-state index is 12.4. The van der Waals surface area contributed by atoms with Gasteiger partial charge in [0.2, 0.25) is 5.91 Å². The van der Waals surface area contributed by atoms with Gasteiger partial charge in [0.25, 0.3) is 5.91 Å². The number of hydrogen-bond acceptors (Lipinski definition) is 5. The minimum atomic E-state index is -0.244. The number of carbonyl (C=O) groups excluding carboxylic acids is 2. The van der Waals surface area contributed by atoms with Crippen molar-refractivity contribution in [1.82, 2.24) is 20.5 Å². The van der Waals surface area contributed by atoms with Crippen molar-refractivity contribution >= 4 is 48.4 Å². The number of carbonyl (C=O) groups is 2. The van der Waals surface area contributed by atoms with Crippen molar-refractivity contribution in [3.63, 3.8) is 0 Å².